The summed E-state index contributed by atoms with van der Waals surface area (Å²) in [5.41, 5.74) is 2.53. The Labute approximate surface area is 278 Å². The van der Waals surface area contributed by atoms with Crippen LogP contribution in [0.1, 0.15) is 84.0 Å². The van der Waals surface area contributed by atoms with Gasteiger partial charge in [-0.1, -0.05) is 32.3 Å². The van der Waals surface area contributed by atoms with Crippen molar-refractivity contribution in [3.05, 3.63) is 64.1 Å². The van der Waals surface area contributed by atoms with Crippen LogP contribution in [0.3, 0.4) is 0 Å². The van der Waals surface area contributed by atoms with Gasteiger partial charge in [-0.2, -0.15) is 5.10 Å². The molecular formula is C34H44FN7O4S. The first-order valence-corrected chi connectivity index (χ1v) is 17.4. The molecule has 252 valence electrons. The lowest BCUT2D eigenvalue weighted by atomic mass is 9.77. The minimum atomic E-state index is -0.939. The predicted molar refractivity (Wildman–Crippen MR) is 178 cm³/mol. The van der Waals surface area contributed by atoms with Gasteiger partial charge in [0.15, 0.2) is 5.78 Å². The van der Waals surface area contributed by atoms with Crippen molar-refractivity contribution in [3.63, 3.8) is 0 Å². The number of carbonyl (C=O) groups is 4. The molecule has 5 rings (SSSR count). The Kier molecular flexibility index (Phi) is 11.5. The number of nitrogens with zero attached hydrogens (tertiary/aromatic N) is 5. The smallest absolute Gasteiger partial charge is 0.263 e. The second-order valence-corrected chi connectivity index (χ2v) is 13.5. The van der Waals surface area contributed by atoms with Crippen LogP contribution in [0, 0.1) is 17.7 Å². The number of anilines is 1. The molecular weight excluding hydrogens is 621 g/mol. The van der Waals surface area contributed by atoms with E-state index >= 15 is 4.39 Å². The quantitative estimate of drug-likeness (QED) is 0.271. The second kappa shape index (κ2) is 15.7. The van der Waals surface area contributed by atoms with E-state index in [1.807, 2.05) is 14.0 Å². The first-order valence-electron chi connectivity index (χ1n) is 16.5. The van der Waals surface area contributed by atoms with Crippen LogP contribution >= 0.6 is 11.3 Å². The fraction of sp³-hybridized carbons (Fsp3) is 0.529. The van der Waals surface area contributed by atoms with E-state index in [4.69, 9.17) is 0 Å². The van der Waals surface area contributed by atoms with Gasteiger partial charge in [0.05, 0.1) is 17.4 Å². The van der Waals surface area contributed by atoms with E-state index in [0.29, 0.717) is 48.9 Å². The highest BCUT2D eigenvalue weighted by Crippen LogP contribution is 2.34. The Morgan fingerprint density at radius 3 is 2.47 bits per heavy atom. The van der Waals surface area contributed by atoms with Gasteiger partial charge in [-0.3, -0.25) is 28.8 Å². The van der Waals surface area contributed by atoms with Gasteiger partial charge in [-0.15, -0.1) is 11.3 Å². The monoisotopic (exact) mass is 665 g/mol. The van der Waals surface area contributed by atoms with Gasteiger partial charge in [-0.05, 0) is 56.5 Å². The highest BCUT2D eigenvalue weighted by molar-refractivity contribution is 7.11. The summed E-state index contributed by atoms with van der Waals surface area (Å²) >= 11 is 1.17. The minimum absolute atomic E-state index is 0.00782. The fourth-order valence-corrected chi connectivity index (χ4v) is 7.16. The Balaban J connectivity index is 1.33. The summed E-state index contributed by atoms with van der Waals surface area (Å²) in [6.45, 7) is 6.72. The van der Waals surface area contributed by atoms with Crippen LogP contribution in [0.25, 0.3) is 0 Å². The van der Waals surface area contributed by atoms with Gasteiger partial charge in [0.1, 0.15) is 22.4 Å². The number of rotatable bonds is 12. The zero-order valence-electron chi connectivity index (χ0n) is 27.3. The molecule has 3 amide bonds. The maximum Gasteiger partial charge on any atom is 0.263 e. The zero-order valence-corrected chi connectivity index (χ0v) is 28.1. The molecule has 0 unspecified atom stereocenters. The highest BCUT2D eigenvalue weighted by Gasteiger charge is 2.35. The molecule has 13 heteroatoms. The SMILES string of the molecule is CCn1nccc1C(=O)C[C@H](C(=O)Nc1ccc([C@H](C)[C@@H](NC(=O)c2cncs2)C(=O)N2CCN(C)CC2)cc1F)C1CCCCC1. The van der Waals surface area contributed by atoms with E-state index in [2.05, 4.69) is 25.6 Å². The summed E-state index contributed by atoms with van der Waals surface area (Å²) in [4.78, 5) is 62.0. The molecule has 11 nitrogen and oxygen atoms in total. The lowest BCUT2D eigenvalue weighted by molar-refractivity contribution is -0.135. The lowest BCUT2D eigenvalue weighted by Gasteiger charge is -2.36. The van der Waals surface area contributed by atoms with E-state index in [0.717, 1.165) is 32.1 Å². The first kappa shape index (κ1) is 34.4. The summed E-state index contributed by atoms with van der Waals surface area (Å²) in [6, 6.07) is 5.21. The number of Topliss-reactive ketones (excluding diaryl/α,β-unsaturated/α-hetero) is 1. The molecule has 2 N–H and O–H groups in total. The van der Waals surface area contributed by atoms with Gasteiger partial charge >= 0.3 is 0 Å². The number of nitrogens with one attached hydrogen (secondary N) is 2. The van der Waals surface area contributed by atoms with E-state index in [-0.39, 0.29) is 35.6 Å². The summed E-state index contributed by atoms with van der Waals surface area (Å²) in [5.74, 6) is -2.99. The van der Waals surface area contributed by atoms with E-state index < -0.39 is 29.6 Å². The van der Waals surface area contributed by atoms with Crippen LogP contribution in [0.15, 0.2) is 42.2 Å². The average molecular weight is 666 g/mol. The largest absolute Gasteiger partial charge is 0.339 e. The number of thiazole rings is 1. The number of amides is 3. The summed E-state index contributed by atoms with van der Waals surface area (Å²) in [5, 5.41) is 9.84. The number of ketones is 1. The molecule has 47 heavy (non-hydrogen) atoms. The molecule has 3 atom stereocenters. The van der Waals surface area contributed by atoms with Crippen LogP contribution in [0.4, 0.5) is 10.1 Å². The molecule has 1 saturated carbocycles. The van der Waals surface area contributed by atoms with Gasteiger partial charge < -0.3 is 20.4 Å². The molecule has 1 aliphatic heterocycles. The van der Waals surface area contributed by atoms with Crippen molar-refractivity contribution in [2.24, 2.45) is 11.8 Å². The van der Waals surface area contributed by atoms with Crippen molar-refractivity contribution in [1.82, 2.24) is 29.9 Å². The Hall–Kier alpha value is -3.97. The number of aryl methyl sites for hydroxylation is 1. The molecule has 0 radical (unpaired) electrons. The van der Waals surface area contributed by atoms with Crippen molar-refractivity contribution in [1.29, 1.82) is 0 Å². The van der Waals surface area contributed by atoms with Gasteiger partial charge in [0.2, 0.25) is 11.8 Å². The van der Waals surface area contributed by atoms with Crippen LogP contribution in [-0.2, 0) is 16.1 Å². The maximum absolute atomic E-state index is 15.7. The predicted octanol–water partition coefficient (Wildman–Crippen LogP) is 4.58. The topological polar surface area (TPSA) is 130 Å². The number of piperazine rings is 1. The first-order chi connectivity index (χ1) is 22.7. The molecule has 2 aliphatic rings. The molecule has 0 bridgehead atoms. The van der Waals surface area contributed by atoms with Crippen LogP contribution in [0.2, 0.25) is 0 Å². The van der Waals surface area contributed by atoms with Crippen molar-refractivity contribution >= 4 is 40.5 Å². The summed E-state index contributed by atoms with van der Waals surface area (Å²) < 4.78 is 17.3. The number of hydrogen-bond donors (Lipinski definition) is 2. The van der Waals surface area contributed by atoms with Crippen LogP contribution < -0.4 is 10.6 Å². The Morgan fingerprint density at radius 2 is 1.81 bits per heavy atom. The third-order valence-corrected chi connectivity index (χ3v) is 10.3. The zero-order chi connectivity index (χ0) is 33.5. The number of likely N-dealkylation sites (N-methyl/N-ethyl adjacent to an activating group) is 1. The molecule has 1 saturated heterocycles. The molecule has 1 aromatic carbocycles. The fourth-order valence-electron chi connectivity index (χ4n) is 6.63. The Morgan fingerprint density at radius 1 is 1.06 bits per heavy atom. The summed E-state index contributed by atoms with van der Waals surface area (Å²) in [6.07, 6.45) is 7.81. The molecule has 1 aliphatic carbocycles. The number of aromatic nitrogens is 3. The molecule has 0 spiro atoms. The summed E-state index contributed by atoms with van der Waals surface area (Å²) in [7, 11) is 1.99. The van der Waals surface area contributed by atoms with Gasteiger partial charge in [-0.25, -0.2) is 4.39 Å². The van der Waals surface area contributed by atoms with Crippen LogP contribution in [-0.4, -0.2) is 87.3 Å². The third kappa shape index (κ3) is 8.31. The highest BCUT2D eigenvalue weighted by atomic mass is 32.1. The normalized spacial score (nSPS) is 17.9. The standard InChI is InChI=1S/C34H44FN7O4S/c1-4-42-28(12-13-37-42)29(43)19-25(23-8-6-5-7-9-23)32(44)38-27-11-10-24(18-26(27)35)22(2)31(39-33(45)30-20-36-21-47-30)34(46)41-16-14-40(3)15-17-41/h10-13,18,20-23,25,31H,4-9,14-17,19H2,1-3H3,(H,38,44)(H,39,45)/t22-,25-,31+/m0/s1. The van der Waals surface area contributed by atoms with Crippen molar-refractivity contribution in [3.8, 4) is 0 Å². The number of halogens is 1. The molecule has 2 aromatic heterocycles. The second-order valence-electron chi connectivity index (χ2n) is 12.6. The Bertz CT molecular complexity index is 1550. The van der Waals surface area contributed by atoms with Crippen molar-refractivity contribution < 1.29 is 23.6 Å². The molecule has 2 fully saturated rings. The molecule has 3 aromatic rings. The number of benzene rings is 1. The van der Waals surface area contributed by atoms with Gasteiger partial charge in [0.25, 0.3) is 5.91 Å². The number of carbonyl (C=O) groups excluding carboxylic acids is 4. The third-order valence-electron chi connectivity index (χ3n) is 9.56. The van der Waals surface area contributed by atoms with Gasteiger partial charge in [0, 0.05) is 57.2 Å². The molecule has 3 heterocycles. The van der Waals surface area contributed by atoms with E-state index in [1.54, 1.807) is 40.3 Å². The maximum atomic E-state index is 15.7. The number of hydrogen-bond acceptors (Lipinski definition) is 8. The lowest BCUT2D eigenvalue weighted by Crippen LogP contribution is -2.55. The average Bonchev–Trinajstić information content (AvgIpc) is 3.80. The minimum Gasteiger partial charge on any atom is -0.339 e. The van der Waals surface area contributed by atoms with E-state index in [9.17, 15) is 19.2 Å². The van der Waals surface area contributed by atoms with E-state index in [1.165, 1.54) is 29.7 Å². The van der Waals surface area contributed by atoms with Crippen molar-refractivity contribution in [2.75, 3.05) is 38.5 Å². The van der Waals surface area contributed by atoms with Crippen molar-refractivity contribution in [2.45, 2.75) is 70.9 Å². The van der Waals surface area contributed by atoms with Crippen LogP contribution in [0.5, 0.6) is 0 Å².